The standard InChI is InChI=1S/C12H15ClN2S/c1-12(2,7-8-13)15-11-14-9-5-3-4-6-10(9)16-11/h3-6H,7-8H2,1-2H3,(H,14,15). The van der Waals surface area contributed by atoms with Gasteiger partial charge in [-0.15, -0.1) is 11.6 Å². The summed E-state index contributed by atoms with van der Waals surface area (Å²) in [5, 5.41) is 4.40. The average molecular weight is 255 g/mol. The van der Waals surface area contributed by atoms with Crippen LogP contribution in [0.2, 0.25) is 0 Å². The lowest BCUT2D eigenvalue weighted by Crippen LogP contribution is -2.31. The molecule has 1 aromatic heterocycles. The summed E-state index contributed by atoms with van der Waals surface area (Å²) in [5.41, 5.74) is 1.05. The maximum atomic E-state index is 5.77. The summed E-state index contributed by atoms with van der Waals surface area (Å²) >= 11 is 7.46. The number of benzene rings is 1. The highest BCUT2D eigenvalue weighted by atomic mass is 35.5. The van der Waals surface area contributed by atoms with Crippen molar-refractivity contribution in [1.29, 1.82) is 0 Å². The van der Waals surface area contributed by atoms with Crippen LogP contribution >= 0.6 is 22.9 Å². The van der Waals surface area contributed by atoms with Gasteiger partial charge in [0.15, 0.2) is 5.13 Å². The molecular formula is C12H15ClN2S. The number of fused-ring (bicyclic) bond motifs is 1. The predicted molar refractivity (Wildman–Crippen MR) is 72.7 cm³/mol. The van der Waals surface area contributed by atoms with E-state index in [1.165, 1.54) is 4.70 Å². The zero-order chi connectivity index (χ0) is 11.6. The zero-order valence-electron chi connectivity index (χ0n) is 9.46. The van der Waals surface area contributed by atoms with Gasteiger partial charge in [0.25, 0.3) is 0 Å². The Hall–Kier alpha value is -0.800. The maximum absolute atomic E-state index is 5.77. The molecule has 0 amide bonds. The van der Waals surface area contributed by atoms with E-state index in [0.29, 0.717) is 5.88 Å². The van der Waals surface area contributed by atoms with Crippen LogP contribution in [0.1, 0.15) is 20.3 Å². The Morgan fingerprint density at radius 1 is 1.38 bits per heavy atom. The molecule has 1 aromatic carbocycles. The molecule has 1 heterocycles. The Balaban J connectivity index is 2.21. The third-order valence-corrected chi connectivity index (χ3v) is 3.60. The smallest absolute Gasteiger partial charge is 0.184 e. The molecule has 0 saturated heterocycles. The number of anilines is 1. The van der Waals surface area contributed by atoms with E-state index in [1.807, 2.05) is 18.2 Å². The van der Waals surface area contributed by atoms with Crippen LogP contribution in [-0.4, -0.2) is 16.4 Å². The van der Waals surface area contributed by atoms with Crippen molar-refractivity contribution in [3.63, 3.8) is 0 Å². The van der Waals surface area contributed by atoms with Crippen molar-refractivity contribution in [3.8, 4) is 0 Å². The van der Waals surface area contributed by atoms with E-state index in [0.717, 1.165) is 17.1 Å². The van der Waals surface area contributed by atoms with Gasteiger partial charge in [0.1, 0.15) is 0 Å². The van der Waals surface area contributed by atoms with Gasteiger partial charge >= 0.3 is 0 Å². The number of rotatable bonds is 4. The molecule has 16 heavy (non-hydrogen) atoms. The molecule has 2 nitrogen and oxygen atoms in total. The van der Waals surface area contributed by atoms with Crippen molar-refractivity contribution in [2.24, 2.45) is 0 Å². The van der Waals surface area contributed by atoms with Gasteiger partial charge in [0, 0.05) is 11.4 Å². The number of alkyl halides is 1. The minimum atomic E-state index is -0.00434. The van der Waals surface area contributed by atoms with Gasteiger partial charge in [-0.05, 0) is 32.4 Å². The topological polar surface area (TPSA) is 24.9 Å². The monoisotopic (exact) mass is 254 g/mol. The van der Waals surface area contributed by atoms with Gasteiger partial charge in [-0.3, -0.25) is 0 Å². The van der Waals surface area contributed by atoms with E-state index in [9.17, 15) is 0 Å². The molecule has 4 heteroatoms. The molecule has 1 N–H and O–H groups in total. The first-order chi connectivity index (χ1) is 7.61. The molecule has 0 aliphatic heterocycles. The molecule has 2 rings (SSSR count). The van der Waals surface area contributed by atoms with Gasteiger partial charge in [0.2, 0.25) is 0 Å². The minimum Gasteiger partial charge on any atom is -0.357 e. The molecular weight excluding hydrogens is 240 g/mol. The van der Waals surface area contributed by atoms with Crippen LogP contribution < -0.4 is 5.32 Å². The number of para-hydroxylation sites is 1. The van der Waals surface area contributed by atoms with E-state index in [-0.39, 0.29) is 5.54 Å². The molecule has 0 atom stereocenters. The summed E-state index contributed by atoms with van der Waals surface area (Å²) in [6.07, 6.45) is 0.921. The summed E-state index contributed by atoms with van der Waals surface area (Å²) < 4.78 is 1.21. The molecule has 0 spiro atoms. The number of nitrogens with zero attached hydrogens (tertiary/aromatic N) is 1. The van der Waals surface area contributed by atoms with Gasteiger partial charge in [-0.2, -0.15) is 0 Å². The van der Waals surface area contributed by atoms with Crippen LogP contribution in [0.25, 0.3) is 10.2 Å². The van der Waals surface area contributed by atoms with Crippen molar-refractivity contribution in [2.75, 3.05) is 11.2 Å². The van der Waals surface area contributed by atoms with Crippen LogP contribution in [0.5, 0.6) is 0 Å². The van der Waals surface area contributed by atoms with Crippen LogP contribution in [-0.2, 0) is 0 Å². The Labute approximate surface area is 105 Å². The molecule has 0 aliphatic rings. The first-order valence-corrected chi connectivity index (χ1v) is 6.65. The number of hydrogen-bond donors (Lipinski definition) is 1. The molecule has 0 radical (unpaired) electrons. The predicted octanol–water partition coefficient (Wildman–Crippen LogP) is 4.12. The van der Waals surface area contributed by atoms with E-state index < -0.39 is 0 Å². The van der Waals surface area contributed by atoms with E-state index in [1.54, 1.807) is 11.3 Å². The Kier molecular flexibility index (Phi) is 3.36. The molecule has 2 aromatic rings. The summed E-state index contributed by atoms with van der Waals surface area (Å²) in [7, 11) is 0. The molecule has 0 fully saturated rings. The van der Waals surface area contributed by atoms with Gasteiger partial charge in [-0.1, -0.05) is 23.5 Å². The highest BCUT2D eigenvalue weighted by molar-refractivity contribution is 7.22. The quantitative estimate of drug-likeness (QED) is 0.831. The summed E-state index contributed by atoms with van der Waals surface area (Å²) in [6, 6.07) is 8.17. The van der Waals surface area contributed by atoms with Gasteiger partial charge in [-0.25, -0.2) is 4.98 Å². The maximum Gasteiger partial charge on any atom is 0.184 e. The van der Waals surface area contributed by atoms with Gasteiger partial charge < -0.3 is 5.32 Å². The second-order valence-electron chi connectivity index (χ2n) is 4.43. The summed E-state index contributed by atoms with van der Waals surface area (Å²) in [4.78, 5) is 4.54. The number of nitrogens with one attached hydrogen (secondary N) is 1. The van der Waals surface area contributed by atoms with Crippen LogP contribution in [0.4, 0.5) is 5.13 Å². The number of halogens is 1. The number of hydrogen-bond acceptors (Lipinski definition) is 3. The fourth-order valence-electron chi connectivity index (χ4n) is 1.51. The third kappa shape index (κ3) is 2.66. The molecule has 0 bridgehead atoms. The largest absolute Gasteiger partial charge is 0.357 e. The SMILES string of the molecule is CC(C)(CCCl)Nc1nc2ccccc2s1. The van der Waals surface area contributed by atoms with Crippen LogP contribution in [0, 0.1) is 0 Å². The second-order valence-corrected chi connectivity index (χ2v) is 5.84. The Morgan fingerprint density at radius 3 is 2.81 bits per heavy atom. The molecule has 0 unspecified atom stereocenters. The third-order valence-electron chi connectivity index (χ3n) is 2.46. The number of thiazole rings is 1. The Morgan fingerprint density at radius 2 is 2.12 bits per heavy atom. The van der Waals surface area contributed by atoms with Crippen molar-refractivity contribution in [2.45, 2.75) is 25.8 Å². The minimum absolute atomic E-state index is 0.00434. The highest BCUT2D eigenvalue weighted by Gasteiger charge is 2.18. The van der Waals surface area contributed by atoms with E-state index in [2.05, 4.69) is 30.2 Å². The lowest BCUT2D eigenvalue weighted by atomic mass is 10.0. The normalized spacial score (nSPS) is 11.9. The first kappa shape index (κ1) is 11.7. The van der Waals surface area contributed by atoms with Crippen molar-refractivity contribution >= 4 is 38.3 Å². The van der Waals surface area contributed by atoms with Crippen molar-refractivity contribution in [1.82, 2.24) is 4.98 Å². The molecule has 0 saturated carbocycles. The van der Waals surface area contributed by atoms with Crippen LogP contribution in [0.15, 0.2) is 24.3 Å². The molecule has 86 valence electrons. The first-order valence-electron chi connectivity index (χ1n) is 5.30. The fourth-order valence-corrected chi connectivity index (χ4v) is 3.03. The second kappa shape index (κ2) is 4.60. The van der Waals surface area contributed by atoms with Crippen molar-refractivity contribution < 1.29 is 0 Å². The van der Waals surface area contributed by atoms with E-state index in [4.69, 9.17) is 11.6 Å². The van der Waals surface area contributed by atoms with Gasteiger partial charge in [0.05, 0.1) is 10.2 Å². The summed E-state index contributed by atoms with van der Waals surface area (Å²) in [5.74, 6) is 0.658. The summed E-state index contributed by atoms with van der Waals surface area (Å²) in [6.45, 7) is 4.28. The molecule has 0 aliphatic carbocycles. The number of aromatic nitrogens is 1. The fraction of sp³-hybridized carbons (Fsp3) is 0.417. The van der Waals surface area contributed by atoms with Crippen LogP contribution in [0.3, 0.4) is 0 Å². The Bertz CT molecular complexity index is 446. The lowest BCUT2D eigenvalue weighted by Gasteiger charge is -2.24. The zero-order valence-corrected chi connectivity index (χ0v) is 11.0. The van der Waals surface area contributed by atoms with E-state index >= 15 is 0 Å². The lowest BCUT2D eigenvalue weighted by molar-refractivity contribution is 0.550. The highest BCUT2D eigenvalue weighted by Crippen LogP contribution is 2.28. The van der Waals surface area contributed by atoms with Crippen molar-refractivity contribution in [3.05, 3.63) is 24.3 Å². The average Bonchev–Trinajstić information content (AvgIpc) is 2.58.